The Morgan fingerprint density at radius 3 is 2.77 bits per heavy atom. The Morgan fingerprint density at radius 1 is 1.23 bits per heavy atom. The Morgan fingerprint density at radius 2 is 2.00 bits per heavy atom. The Bertz CT molecular complexity index is 627. The first-order valence-corrected chi connectivity index (χ1v) is 7.77. The van der Waals surface area contributed by atoms with Crippen molar-refractivity contribution in [3.63, 3.8) is 0 Å². The summed E-state index contributed by atoms with van der Waals surface area (Å²) in [5.41, 5.74) is 2.32. The van der Waals surface area contributed by atoms with Crippen molar-refractivity contribution in [2.75, 3.05) is 24.6 Å². The normalized spacial score (nSPS) is 21.4. The maximum Gasteiger partial charge on any atom is 0.139 e. The number of benzene rings is 1. The molecule has 1 aromatic heterocycles. The lowest BCUT2D eigenvalue weighted by Crippen LogP contribution is -2.36. The molecule has 1 atom stereocenters. The molecule has 0 bridgehead atoms. The van der Waals surface area contributed by atoms with Crippen LogP contribution in [0.3, 0.4) is 0 Å². The second kappa shape index (κ2) is 6.05. The molecule has 1 unspecified atom stereocenters. The van der Waals surface area contributed by atoms with Crippen molar-refractivity contribution in [3.05, 3.63) is 42.9 Å². The van der Waals surface area contributed by atoms with Crippen molar-refractivity contribution in [1.82, 2.24) is 9.97 Å². The minimum atomic E-state index is 0.101. The minimum Gasteiger partial charge on any atom is -0.376 e. The van der Waals surface area contributed by atoms with Gasteiger partial charge in [-0.1, -0.05) is 44.2 Å². The number of ether oxygens (including phenoxy) is 1. The molecule has 1 fully saturated rings. The van der Waals surface area contributed by atoms with Crippen LogP contribution in [0.1, 0.15) is 20.8 Å². The summed E-state index contributed by atoms with van der Waals surface area (Å²) in [7, 11) is 0. The van der Waals surface area contributed by atoms with Crippen LogP contribution in [0.5, 0.6) is 0 Å². The van der Waals surface area contributed by atoms with Crippen LogP contribution in [0, 0.1) is 5.41 Å². The highest BCUT2D eigenvalue weighted by Gasteiger charge is 2.30. The van der Waals surface area contributed by atoms with E-state index in [9.17, 15) is 0 Å². The van der Waals surface area contributed by atoms with E-state index in [1.165, 1.54) is 0 Å². The first kappa shape index (κ1) is 15.0. The van der Waals surface area contributed by atoms with Gasteiger partial charge < -0.3 is 9.64 Å². The molecular formula is C18H23N3O. The molecule has 0 radical (unpaired) electrons. The van der Waals surface area contributed by atoms with Crippen LogP contribution in [0.25, 0.3) is 11.1 Å². The molecule has 0 N–H and O–H groups in total. The average Bonchev–Trinajstić information content (AvgIpc) is 2.66. The predicted octanol–water partition coefficient (Wildman–Crippen LogP) is 3.39. The largest absolute Gasteiger partial charge is 0.376 e. The number of aromatic nitrogens is 2. The van der Waals surface area contributed by atoms with Gasteiger partial charge in [0, 0.05) is 30.3 Å². The third-order valence-corrected chi connectivity index (χ3v) is 3.93. The van der Waals surface area contributed by atoms with Crippen LogP contribution in [-0.2, 0) is 4.74 Å². The van der Waals surface area contributed by atoms with Crippen LogP contribution in [0.2, 0.25) is 0 Å². The van der Waals surface area contributed by atoms with Gasteiger partial charge in [-0.05, 0) is 12.5 Å². The van der Waals surface area contributed by atoms with Gasteiger partial charge in [-0.25, -0.2) is 9.97 Å². The van der Waals surface area contributed by atoms with Crippen molar-refractivity contribution in [2.45, 2.75) is 26.9 Å². The topological polar surface area (TPSA) is 38.2 Å². The molecule has 0 saturated carbocycles. The van der Waals surface area contributed by atoms with E-state index in [-0.39, 0.29) is 11.5 Å². The zero-order valence-corrected chi connectivity index (χ0v) is 13.5. The summed E-state index contributed by atoms with van der Waals surface area (Å²) < 4.78 is 5.93. The van der Waals surface area contributed by atoms with E-state index in [2.05, 4.69) is 47.8 Å². The van der Waals surface area contributed by atoms with Gasteiger partial charge >= 0.3 is 0 Å². The third-order valence-electron chi connectivity index (χ3n) is 3.93. The van der Waals surface area contributed by atoms with Crippen LogP contribution < -0.4 is 4.90 Å². The SMILES string of the molecule is CC1CN(c2ncncc2-c2ccccc2)CC(C)(C)CO1. The molecular weight excluding hydrogens is 274 g/mol. The van der Waals surface area contributed by atoms with Crippen molar-refractivity contribution in [3.8, 4) is 11.1 Å². The number of hydrogen-bond acceptors (Lipinski definition) is 4. The van der Waals surface area contributed by atoms with Crippen LogP contribution in [-0.4, -0.2) is 35.8 Å². The standard InChI is InChI=1S/C18H23N3O/c1-14-10-21(11-18(2,3)12-22-14)17-16(9-19-13-20-17)15-7-5-4-6-8-15/h4-9,13-14H,10-12H2,1-3H3. The number of nitrogens with zero attached hydrogens (tertiary/aromatic N) is 3. The molecule has 4 nitrogen and oxygen atoms in total. The fraction of sp³-hybridized carbons (Fsp3) is 0.444. The van der Waals surface area contributed by atoms with E-state index in [0.717, 1.165) is 36.6 Å². The molecule has 2 aromatic rings. The summed E-state index contributed by atoms with van der Waals surface area (Å²) in [6.45, 7) is 9.14. The lowest BCUT2D eigenvalue weighted by atomic mass is 9.94. The summed E-state index contributed by atoms with van der Waals surface area (Å²) in [6.07, 6.45) is 3.73. The molecule has 0 amide bonds. The molecule has 116 valence electrons. The van der Waals surface area contributed by atoms with Gasteiger partial charge in [0.15, 0.2) is 0 Å². The second-order valence-corrected chi connectivity index (χ2v) is 6.79. The highest BCUT2D eigenvalue weighted by Crippen LogP contribution is 2.32. The van der Waals surface area contributed by atoms with E-state index in [1.54, 1.807) is 6.33 Å². The highest BCUT2D eigenvalue weighted by molar-refractivity contribution is 5.75. The maximum atomic E-state index is 5.93. The summed E-state index contributed by atoms with van der Waals surface area (Å²) >= 11 is 0. The molecule has 0 spiro atoms. The van der Waals surface area contributed by atoms with E-state index >= 15 is 0 Å². The first-order chi connectivity index (χ1) is 10.6. The molecule has 1 aromatic carbocycles. The molecule has 1 aliphatic heterocycles. The number of hydrogen-bond donors (Lipinski definition) is 0. The molecule has 1 aliphatic rings. The van der Waals surface area contributed by atoms with E-state index in [4.69, 9.17) is 4.74 Å². The zero-order valence-electron chi connectivity index (χ0n) is 13.5. The van der Waals surface area contributed by atoms with Gasteiger partial charge in [-0.15, -0.1) is 0 Å². The fourth-order valence-electron chi connectivity index (χ4n) is 2.92. The second-order valence-electron chi connectivity index (χ2n) is 6.79. The van der Waals surface area contributed by atoms with E-state index < -0.39 is 0 Å². The predicted molar refractivity (Wildman–Crippen MR) is 88.9 cm³/mol. The van der Waals surface area contributed by atoms with Crippen molar-refractivity contribution in [2.24, 2.45) is 5.41 Å². The number of anilines is 1. The van der Waals surface area contributed by atoms with Crippen LogP contribution in [0.15, 0.2) is 42.9 Å². The minimum absolute atomic E-state index is 0.101. The Labute approximate surface area is 132 Å². The summed E-state index contributed by atoms with van der Waals surface area (Å²) in [4.78, 5) is 11.1. The Balaban J connectivity index is 2.00. The lowest BCUT2D eigenvalue weighted by molar-refractivity contribution is 0.0371. The lowest BCUT2D eigenvalue weighted by Gasteiger charge is -2.30. The van der Waals surface area contributed by atoms with Gasteiger partial charge in [0.25, 0.3) is 0 Å². The van der Waals surface area contributed by atoms with Crippen molar-refractivity contribution >= 4 is 5.82 Å². The van der Waals surface area contributed by atoms with Crippen molar-refractivity contribution in [1.29, 1.82) is 0 Å². The van der Waals surface area contributed by atoms with Gasteiger partial charge in [-0.2, -0.15) is 0 Å². The molecule has 3 rings (SSSR count). The van der Waals surface area contributed by atoms with Gasteiger partial charge in [0.1, 0.15) is 12.1 Å². The van der Waals surface area contributed by atoms with E-state index in [1.807, 2.05) is 24.4 Å². The maximum absolute atomic E-state index is 5.93. The molecule has 2 heterocycles. The monoisotopic (exact) mass is 297 g/mol. The van der Waals surface area contributed by atoms with Gasteiger partial charge in [0.2, 0.25) is 0 Å². The smallest absolute Gasteiger partial charge is 0.139 e. The van der Waals surface area contributed by atoms with Crippen LogP contribution >= 0.6 is 0 Å². The Kier molecular flexibility index (Phi) is 4.12. The molecule has 1 saturated heterocycles. The summed E-state index contributed by atoms with van der Waals surface area (Å²) in [5.74, 6) is 0.992. The number of rotatable bonds is 2. The summed E-state index contributed by atoms with van der Waals surface area (Å²) in [5, 5.41) is 0. The van der Waals surface area contributed by atoms with E-state index in [0.29, 0.717) is 0 Å². The quantitative estimate of drug-likeness (QED) is 0.851. The zero-order chi connectivity index (χ0) is 15.6. The highest BCUT2D eigenvalue weighted by atomic mass is 16.5. The molecule has 22 heavy (non-hydrogen) atoms. The first-order valence-electron chi connectivity index (χ1n) is 7.77. The molecule has 0 aliphatic carbocycles. The Hall–Kier alpha value is -1.94. The van der Waals surface area contributed by atoms with Crippen molar-refractivity contribution < 1.29 is 4.74 Å². The fourth-order valence-corrected chi connectivity index (χ4v) is 2.92. The average molecular weight is 297 g/mol. The van der Waals surface area contributed by atoms with Gasteiger partial charge in [0.05, 0.1) is 12.7 Å². The third kappa shape index (κ3) is 3.28. The van der Waals surface area contributed by atoms with Gasteiger partial charge in [-0.3, -0.25) is 0 Å². The molecule has 4 heteroatoms. The summed E-state index contributed by atoms with van der Waals surface area (Å²) in [6, 6.07) is 10.3. The van der Waals surface area contributed by atoms with Crippen LogP contribution in [0.4, 0.5) is 5.82 Å².